The number of anilines is 1. The van der Waals surface area contributed by atoms with Crippen LogP contribution in [-0.4, -0.2) is 31.6 Å². The van der Waals surface area contributed by atoms with Gasteiger partial charge in [-0.1, -0.05) is 47.6 Å². The number of carbonyl (C=O) groups excluding carboxylic acids is 3. The highest BCUT2D eigenvalue weighted by molar-refractivity contribution is 6.29. The Morgan fingerprint density at radius 2 is 1.61 bits per heavy atom. The third-order valence-corrected chi connectivity index (χ3v) is 5.54. The number of ketones is 1. The molecule has 7 nitrogen and oxygen atoms in total. The second-order valence-electron chi connectivity index (χ2n) is 10.5. The second kappa shape index (κ2) is 11.5. The zero-order chi connectivity index (χ0) is 27.3. The van der Waals surface area contributed by atoms with E-state index in [0.717, 1.165) is 17.4 Å². The number of carbonyl (C=O) groups is 3. The third kappa shape index (κ3) is 7.06. The van der Waals surface area contributed by atoms with E-state index < -0.39 is 34.5 Å². The SMILES string of the molecule is CCO/C=C(\C(=O)Nc1cc(OC(=O)OC)c(C(C)(C)C)cc1C(C)(C)C)C(=O)C1=CCCC=C1F. The number of nitrogens with one attached hydrogen (secondary N) is 1. The largest absolute Gasteiger partial charge is 0.513 e. The van der Waals surface area contributed by atoms with Crippen molar-refractivity contribution in [2.45, 2.75) is 72.1 Å². The molecule has 0 unspecified atom stereocenters. The fraction of sp³-hybridized carbons (Fsp3) is 0.464. The lowest BCUT2D eigenvalue weighted by Crippen LogP contribution is -2.26. The number of allylic oxidation sites excluding steroid dienone is 4. The molecule has 2 rings (SSSR count). The number of amides is 1. The molecule has 1 aliphatic rings. The second-order valence-corrected chi connectivity index (χ2v) is 10.5. The van der Waals surface area contributed by atoms with Crippen LogP contribution in [0.4, 0.5) is 14.9 Å². The smallest absolute Gasteiger partial charge is 0.501 e. The number of halogens is 1. The van der Waals surface area contributed by atoms with Gasteiger partial charge in [-0.25, -0.2) is 9.18 Å². The molecule has 196 valence electrons. The van der Waals surface area contributed by atoms with E-state index in [-0.39, 0.29) is 23.5 Å². The lowest BCUT2D eigenvalue weighted by molar-refractivity contribution is -0.118. The number of hydrogen-bond acceptors (Lipinski definition) is 6. The van der Waals surface area contributed by atoms with Crippen LogP contribution in [0.2, 0.25) is 0 Å². The predicted octanol–water partition coefficient (Wildman–Crippen LogP) is 6.43. The Morgan fingerprint density at radius 1 is 1.00 bits per heavy atom. The molecule has 36 heavy (non-hydrogen) atoms. The van der Waals surface area contributed by atoms with Gasteiger partial charge < -0.3 is 19.5 Å². The summed E-state index contributed by atoms with van der Waals surface area (Å²) < 4.78 is 29.7. The van der Waals surface area contributed by atoms with E-state index in [9.17, 15) is 18.8 Å². The van der Waals surface area contributed by atoms with Gasteiger partial charge in [-0.15, -0.1) is 0 Å². The van der Waals surface area contributed by atoms with Crippen LogP contribution in [0.1, 0.15) is 72.4 Å². The van der Waals surface area contributed by atoms with Crippen molar-refractivity contribution in [3.05, 3.63) is 58.6 Å². The van der Waals surface area contributed by atoms with E-state index in [1.54, 1.807) is 13.0 Å². The third-order valence-electron chi connectivity index (χ3n) is 5.54. The standard InChI is InChI=1S/C28H36FNO6/c1-9-35-16-18(24(31)17-12-10-11-13-21(17)29)25(32)30-22-15-23(36-26(33)34-8)20(28(5,6)7)14-19(22)27(2,3)4/h12-16H,9-11H2,1-8H3,(H,30,32)/b18-16-. The fourth-order valence-electron chi connectivity index (χ4n) is 3.66. The summed E-state index contributed by atoms with van der Waals surface area (Å²) in [5.41, 5.74) is 0.476. The first-order chi connectivity index (χ1) is 16.7. The van der Waals surface area contributed by atoms with E-state index in [2.05, 4.69) is 10.1 Å². The number of hydrogen-bond donors (Lipinski definition) is 1. The minimum absolute atomic E-state index is 0.170. The zero-order valence-electron chi connectivity index (χ0n) is 22.3. The van der Waals surface area contributed by atoms with Crippen molar-refractivity contribution in [1.82, 2.24) is 0 Å². The molecule has 0 fully saturated rings. The Morgan fingerprint density at radius 3 is 2.14 bits per heavy atom. The van der Waals surface area contributed by atoms with Crippen LogP contribution < -0.4 is 10.1 Å². The van der Waals surface area contributed by atoms with Crippen molar-refractivity contribution < 1.29 is 33.0 Å². The molecular formula is C28H36FNO6. The Kier molecular flexibility index (Phi) is 9.24. The Bertz CT molecular complexity index is 1120. The predicted molar refractivity (Wildman–Crippen MR) is 137 cm³/mol. The van der Waals surface area contributed by atoms with E-state index in [0.29, 0.717) is 18.5 Å². The fourth-order valence-corrected chi connectivity index (χ4v) is 3.66. The number of Topliss-reactive ketones (excluding diaryl/α,β-unsaturated/α-hetero) is 1. The van der Waals surface area contributed by atoms with Gasteiger partial charge in [0, 0.05) is 17.3 Å². The monoisotopic (exact) mass is 501 g/mol. The normalized spacial score (nSPS) is 14.4. The molecule has 0 aromatic heterocycles. The quantitative estimate of drug-likeness (QED) is 0.116. The molecule has 0 radical (unpaired) electrons. The van der Waals surface area contributed by atoms with Gasteiger partial charge in [-0.3, -0.25) is 9.59 Å². The molecule has 1 N–H and O–H groups in total. The van der Waals surface area contributed by atoms with Gasteiger partial charge in [0.05, 0.1) is 25.6 Å². The zero-order valence-corrected chi connectivity index (χ0v) is 22.3. The summed E-state index contributed by atoms with van der Waals surface area (Å²) in [7, 11) is 1.20. The maximum Gasteiger partial charge on any atom is 0.513 e. The van der Waals surface area contributed by atoms with Crippen LogP contribution in [0.15, 0.2) is 47.5 Å². The molecule has 0 bridgehead atoms. The molecule has 0 saturated carbocycles. The minimum atomic E-state index is -0.903. The van der Waals surface area contributed by atoms with Crippen molar-refractivity contribution in [3.8, 4) is 5.75 Å². The molecule has 0 heterocycles. The van der Waals surface area contributed by atoms with Crippen LogP contribution in [0, 0.1) is 0 Å². The van der Waals surface area contributed by atoms with Crippen molar-refractivity contribution >= 4 is 23.5 Å². The summed E-state index contributed by atoms with van der Waals surface area (Å²) in [5.74, 6) is -2.00. The van der Waals surface area contributed by atoms with Gasteiger partial charge in [0.15, 0.2) is 0 Å². The average molecular weight is 502 g/mol. The van der Waals surface area contributed by atoms with Gasteiger partial charge in [-0.05, 0) is 48.3 Å². The van der Waals surface area contributed by atoms with Crippen molar-refractivity contribution in [1.29, 1.82) is 0 Å². The van der Waals surface area contributed by atoms with E-state index in [4.69, 9.17) is 9.47 Å². The lowest BCUT2D eigenvalue weighted by atomic mass is 9.79. The first kappa shape index (κ1) is 28.8. The number of methoxy groups -OCH3 is 1. The summed E-state index contributed by atoms with van der Waals surface area (Å²) in [4.78, 5) is 38.4. The first-order valence-electron chi connectivity index (χ1n) is 11.9. The highest BCUT2D eigenvalue weighted by atomic mass is 19.1. The maximum atomic E-state index is 14.4. The molecule has 0 spiro atoms. The van der Waals surface area contributed by atoms with Crippen molar-refractivity contribution in [3.63, 3.8) is 0 Å². The number of benzene rings is 1. The Hall–Kier alpha value is -3.42. The molecule has 1 aliphatic carbocycles. The summed E-state index contributed by atoms with van der Waals surface area (Å²) >= 11 is 0. The number of ether oxygens (including phenoxy) is 3. The van der Waals surface area contributed by atoms with Gasteiger partial charge in [0.25, 0.3) is 5.91 Å². The summed E-state index contributed by atoms with van der Waals surface area (Å²) in [6.45, 7) is 13.7. The van der Waals surface area contributed by atoms with Crippen LogP contribution in [0.3, 0.4) is 0 Å². The van der Waals surface area contributed by atoms with Gasteiger partial charge in [0.1, 0.15) is 17.1 Å². The van der Waals surface area contributed by atoms with E-state index in [1.165, 1.54) is 19.3 Å². The molecule has 1 amide bonds. The number of rotatable bonds is 7. The van der Waals surface area contributed by atoms with Gasteiger partial charge >= 0.3 is 6.16 Å². The van der Waals surface area contributed by atoms with Crippen molar-refractivity contribution in [2.75, 3.05) is 19.0 Å². The Balaban J connectivity index is 2.61. The molecule has 8 heteroatoms. The van der Waals surface area contributed by atoms with E-state index >= 15 is 0 Å². The van der Waals surface area contributed by atoms with Crippen LogP contribution in [0.5, 0.6) is 5.75 Å². The summed E-state index contributed by atoms with van der Waals surface area (Å²) in [5, 5.41) is 2.76. The van der Waals surface area contributed by atoms with Crippen molar-refractivity contribution in [2.24, 2.45) is 0 Å². The van der Waals surface area contributed by atoms with Crippen LogP contribution in [0.25, 0.3) is 0 Å². The molecule has 1 aromatic carbocycles. The lowest BCUT2D eigenvalue weighted by Gasteiger charge is -2.29. The minimum Gasteiger partial charge on any atom is -0.501 e. The molecule has 0 atom stereocenters. The highest BCUT2D eigenvalue weighted by Gasteiger charge is 2.30. The van der Waals surface area contributed by atoms with Gasteiger partial charge in [-0.2, -0.15) is 0 Å². The molecule has 0 saturated heterocycles. The first-order valence-corrected chi connectivity index (χ1v) is 11.9. The van der Waals surface area contributed by atoms with Gasteiger partial charge in [0.2, 0.25) is 5.78 Å². The molecule has 0 aliphatic heterocycles. The maximum absolute atomic E-state index is 14.4. The molecule has 1 aromatic rings. The van der Waals surface area contributed by atoms with Crippen LogP contribution in [-0.2, 0) is 29.9 Å². The van der Waals surface area contributed by atoms with Crippen LogP contribution >= 0.6 is 0 Å². The van der Waals surface area contributed by atoms with E-state index in [1.807, 2.05) is 47.6 Å². The summed E-state index contributed by atoms with van der Waals surface area (Å²) in [6.07, 6.45) is 3.92. The molecular weight excluding hydrogens is 465 g/mol. The Labute approximate surface area is 212 Å². The summed E-state index contributed by atoms with van der Waals surface area (Å²) in [6, 6.07) is 3.41. The average Bonchev–Trinajstić information content (AvgIpc) is 2.77. The highest BCUT2D eigenvalue weighted by Crippen LogP contribution is 2.40. The topological polar surface area (TPSA) is 90.9 Å².